The van der Waals surface area contributed by atoms with Crippen LogP contribution in [-0.2, 0) is 9.53 Å². The first-order valence-electron chi connectivity index (χ1n) is 10.6. The normalized spacial score (nSPS) is 12.8. The van der Waals surface area contributed by atoms with Crippen molar-refractivity contribution in [3.63, 3.8) is 0 Å². The van der Waals surface area contributed by atoms with E-state index in [1.807, 2.05) is 6.08 Å². The number of ether oxygens (including phenoxy) is 1. The molecular weight excluding hydrogens is 346 g/mol. The second-order valence-electron chi connectivity index (χ2n) is 6.32. The molecular formula is C25H39NO2. The SMILES string of the molecule is CC/C=C\C/C=C\C/C=C\C/C=C\C/C=C\C/C=C\CCC(=O)OCCCN. The van der Waals surface area contributed by atoms with Crippen LogP contribution < -0.4 is 5.73 Å². The van der Waals surface area contributed by atoms with Gasteiger partial charge in [0.2, 0.25) is 0 Å². The summed E-state index contributed by atoms with van der Waals surface area (Å²) in [5.74, 6) is -0.145. The first-order valence-corrected chi connectivity index (χ1v) is 10.6. The average molecular weight is 386 g/mol. The Hall–Kier alpha value is -2.13. The number of carbonyl (C=O) groups is 1. The van der Waals surface area contributed by atoms with Crippen LogP contribution in [0, 0.1) is 0 Å². The standard InChI is InChI=1S/C25H39NO2/c1-2-3-4-5-6-7-8-9-10-11-12-13-14-15-16-17-18-19-20-22-25(27)28-24-21-23-26/h3-4,6-7,9-10,12-13,15-16,18-19H,2,5,8,11,14,17,20-24,26H2,1H3/b4-3-,7-6-,10-9-,13-12-,16-15-,19-18-. The largest absolute Gasteiger partial charge is 0.466 e. The molecule has 0 aliphatic carbocycles. The molecule has 0 spiro atoms. The first-order chi connectivity index (χ1) is 13.8. The molecule has 0 saturated heterocycles. The number of esters is 1. The van der Waals surface area contributed by atoms with Gasteiger partial charge in [0.15, 0.2) is 0 Å². The maximum absolute atomic E-state index is 11.4. The van der Waals surface area contributed by atoms with Gasteiger partial charge in [0.1, 0.15) is 0 Å². The van der Waals surface area contributed by atoms with E-state index in [9.17, 15) is 4.79 Å². The summed E-state index contributed by atoms with van der Waals surface area (Å²) in [6.45, 7) is 3.14. The van der Waals surface area contributed by atoms with Gasteiger partial charge in [-0.15, -0.1) is 0 Å². The van der Waals surface area contributed by atoms with Crippen molar-refractivity contribution in [2.75, 3.05) is 13.2 Å². The zero-order chi connectivity index (χ0) is 20.5. The summed E-state index contributed by atoms with van der Waals surface area (Å²) in [4.78, 5) is 11.4. The minimum absolute atomic E-state index is 0.145. The predicted octanol–water partition coefficient (Wildman–Crippen LogP) is 6.36. The molecule has 2 N–H and O–H groups in total. The van der Waals surface area contributed by atoms with Crippen molar-refractivity contribution in [3.05, 3.63) is 72.9 Å². The van der Waals surface area contributed by atoms with Crippen molar-refractivity contribution >= 4 is 5.97 Å². The Kier molecular flexibility index (Phi) is 21.2. The summed E-state index contributed by atoms with van der Waals surface area (Å²) in [5.41, 5.74) is 5.35. The van der Waals surface area contributed by atoms with Crippen LogP contribution in [-0.4, -0.2) is 19.1 Å². The lowest BCUT2D eigenvalue weighted by Gasteiger charge is -2.01. The van der Waals surface area contributed by atoms with Gasteiger partial charge >= 0.3 is 5.97 Å². The monoisotopic (exact) mass is 385 g/mol. The van der Waals surface area contributed by atoms with E-state index in [0.717, 1.165) is 51.4 Å². The molecule has 0 aliphatic rings. The van der Waals surface area contributed by atoms with Crippen LogP contribution in [0.1, 0.15) is 64.7 Å². The highest BCUT2D eigenvalue weighted by atomic mass is 16.5. The van der Waals surface area contributed by atoms with E-state index in [1.165, 1.54) is 0 Å². The van der Waals surface area contributed by atoms with E-state index in [-0.39, 0.29) is 5.97 Å². The van der Waals surface area contributed by atoms with E-state index in [4.69, 9.17) is 10.5 Å². The van der Waals surface area contributed by atoms with Gasteiger partial charge in [0.05, 0.1) is 6.61 Å². The topological polar surface area (TPSA) is 52.3 Å². The van der Waals surface area contributed by atoms with Crippen LogP contribution in [0.5, 0.6) is 0 Å². The van der Waals surface area contributed by atoms with Crippen LogP contribution in [0.4, 0.5) is 0 Å². The van der Waals surface area contributed by atoms with Gasteiger partial charge in [-0.3, -0.25) is 4.79 Å². The van der Waals surface area contributed by atoms with Gasteiger partial charge in [-0.2, -0.15) is 0 Å². The van der Waals surface area contributed by atoms with Crippen LogP contribution in [0.2, 0.25) is 0 Å². The molecule has 0 heterocycles. The highest BCUT2D eigenvalue weighted by Gasteiger charge is 1.99. The summed E-state index contributed by atoms with van der Waals surface area (Å²) >= 11 is 0. The Morgan fingerprint density at radius 1 is 0.714 bits per heavy atom. The average Bonchev–Trinajstić information content (AvgIpc) is 2.70. The quantitative estimate of drug-likeness (QED) is 0.180. The minimum Gasteiger partial charge on any atom is -0.466 e. The van der Waals surface area contributed by atoms with Crippen molar-refractivity contribution < 1.29 is 9.53 Å². The molecule has 0 atom stereocenters. The van der Waals surface area contributed by atoms with Gasteiger partial charge in [-0.05, 0) is 57.9 Å². The van der Waals surface area contributed by atoms with E-state index >= 15 is 0 Å². The van der Waals surface area contributed by atoms with Crippen LogP contribution in [0.15, 0.2) is 72.9 Å². The molecule has 0 aromatic heterocycles. The maximum atomic E-state index is 11.4. The first kappa shape index (κ1) is 25.9. The Balaban J connectivity index is 3.54. The Bertz CT molecular complexity index is 525. The molecule has 0 amide bonds. The van der Waals surface area contributed by atoms with Crippen LogP contribution in [0.25, 0.3) is 0 Å². The summed E-state index contributed by atoms with van der Waals surface area (Å²) in [5, 5.41) is 0. The molecule has 0 saturated carbocycles. The van der Waals surface area contributed by atoms with Crippen molar-refractivity contribution in [2.45, 2.75) is 64.7 Å². The summed E-state index contributed by atoms with van der Waals surface area (Å²) in [7, 11) is 0. The number of rotatable bonds is 17. The summed E-state index contributed by atoms with van der Waals surface area (Å²) < 4.78 is 5.03. The Labute approximate surface area is 172 Å². The fourth-order valence-electron chi connectivity index (χ4n) is 2.18. The molecule has 0 bridgehead atoms. The number of allylic oxidation sites excluding steroid dienone is 12. The Morgan fingerprint density at radius 2 is 1.14 bits per heavy atom. The van der Waals surface area contributed by atoms with Gasteiger partial charge in [-0.1, -0.05) is 79.8 Å². The molecule has 0 rings (SSSR count). The second kappa shape index (κ2) is 22.9. The number of hydrogen-bond acceptors (Lipinski definition) is 3. The lowest BCUT2D eigenvalue weighted by molar-refractivity contribution is -0.143. The third-order valence-electron chi connectivity index (χ3n) is 3.72. The zero-order valence-corrected chi connectivity index (χ0v) is 17.6. The summed E-state index contributed by atoms with van der Waals surface area (Å²) in [6.07, 6.45) is 33.9. The van der Waals surface area contributed by atoms with Crippen molar-refractivity contribution in [3.8, 4) is 0 Å². The minimum atomic E-state index is -0.145. The van der Waals surface area contributed by atoms with E-state index < -0.39 is 0 Å². The van der Waals surface area contributed by atoms with Crippen molar-refractivity contribution in [1.82, 2.24) is 0 Å². The third kappa shape index (κ3) is 21.9. The Morgan fingerprint density at radius 3 is 1.57 bits per heavy atom. The molecule has 3 heteroatoms. The fourth-order valence-corrected chi connectivity index (χ4v) is 2.18. The molecule has 0 aromatic rings. The molecule has 0 radical (unpaired) electrons. The van der Waals surface area contributed by atoms with Crippen LogP contribution in [0.3, 0.4) is 0 Å². The molecule has 0 unspecified atom stereocenters. The molecule has 156 valence electrons. The second-order valence-corrected chi connectivity index (χ2v) is 6.32. The molecule has 28 heavy (non-hydrogen) atoms. The van der Waals surface area contributed by atoms with Gasteiger partial charge < -0.3 is 10.5 Å². The van der Waals surface area contributed by atoms with E-state index in [0.29, 0.717) is 19.6 Å². The fraction of sp³-hybridized carbons (Fsp3) is 0.480. The van der Waals surface area contributed by atoms with Gasteiger partial charge in [0.25, 0.3) is 0 Å². The molecule has 0 aromatic carbocycles. The molecule has 0 fully saturated rings. The van der Waals surface area contributed by atoms with Crippen LogP contribution >= 0.6 is 0 Å². The van der Waals surface area contributed by atoms with Gasteiger partial charge in [0, 0.05) is 6.42 Å². The zero-order valence-electron chi connectivity index (χ0n) is 17.6. The highest BCUT2D eigenvalue weighted by molar-refractivity contribution is 5.69. The van der Waals surface area contributed by atoms with Gasteiger partial charge in [-0.25, -0.2) is 0 Å². The number of hydrogen-bond donors (Lipinski definition) is 1. The van der Waals surface area contributed by atoms with Crippen molar-refractivity contribution in [2.24, 2.45) is 5.73 Å². The van der Waals surface area contributed by atoms with E-state index in [2.05, 4.69) is 73.8 Å². The third-order valence-corrected chi connectivity index (χ3v) is 3.72. The molecule has 0 aliphatic heterocycles. The molecule has 3 nitrogen and oxygen atoms in total. The lowest BCUT2D eigenvalue weighted by atomic mass is 10.2. The maximum Gasteiger partial charge on any atom is 0.306 e. The smallest absolute Gasteiger partial charge is 0.306 e. The number of carbonyl (C=O) groups excluding carboxylic acids is 1. The predicted molar refractivity (Wildman–Crippen MR) is 122 cm³/mol. The van der Waals surface area contributed by atoms with E-state index in [1.54, 1.807) is 0 Å². The van der Waals surface area contributed by atoms with Crippen molar-refractivity contribution in [1.29, 1.82) is 0 Å². The lowest BCUT2D eigenvalue weighted by Crippen LogP contribution is -2.09. The summed E-state index contributed by atoms with van der Waals surface area (Å²) in [6, 6.07) is 0. The number of nitrogens with two attached hydrogens (primary N) is 1. The highest BCUT2D eigenvalue weighted by Crippen LogP contribution is 1.99.